The lowest BCUT2D eigenvalue weighted by Crippen LogP contribution is -2.52. The van der Waals surface area contributed by atoms with Crippen LogP contribution in [0.3, 0.4) is 0 Å². The summed E-state index contributed by atoms with van der Waals surface area (Å²) in [5, 5.41) is 0. The summed E-state index contributed by atoms with van der Waals surface area (Å²) in [6.07, 6.45) is 14.6. The Kier molecular flexibility index (Phi) is 3.47. The molecule has 4 aliphatic carbocycles. The second kappa shape index (κ2) is 5.94. The van der Waals surface area contributed by atoms with Gasteiger partial charge in [-0.05, 0) is 80.6 Å². The SMILES string of the molecule is O=C(/C=C/c1ccn2c1cnc1ccccc12)OC12CC3CC(CC(C3)C1)C2. The fourth-order valence-corrected chi connectivity index (χ4v) is 6.42. The van der Waals surface area contributed by atoms with Gasteiger partial charge in [-0.25, -0.2) is 4.79 Å². The number of rotatable bonds is 3. The van der Waals surface area contributed by atoms with Crippen molar-refractivity contribution in [2.24, 2.45) is 17.8 Å². The van der Waals surface area contributed by atoms with Crippen molar-refractivity contribution in [2.45, 2.75) is 44.1 Å². The third-order valence-corrected chi connectivity index (χ3v) is 7.12. The fourth-order valence-electron chi connectivity index (χ4n) is 6.42. The Morgan fingerprint density at radius 3 is 2.50 bits per heavy atom. The topological polar surface area (TPSA) is 43.6 Å². The van der Waals surface area contributed by atoms with Crippen molar-refractivity contribution >= 4 is 28.6 Å². The van der Waals surface area contributed by atoms with E-state index >= 15 is 0 Å². The third kappa shape index (κ3) is 2.58. The lowest BCUT2D eigenvalue weighted by Gasteiger charge is -2.55. The number of fused-ring (bicyclic) bond motifs is 3. The van der Waals surface area contributed by atoms with Crippen molar-refractivity contribution in [1.82, 2.24) is 9.38 Å². The van der Waals surface area contributed by atoms with Crippen molar-refractivity contribution in [3.05, 3.63) is 54.4 Å². The second-order valence-corrected chi connectivity index (χ2v) is 9.13. The quantitative estimate of drug-likeness (QED) is 0.479. The molecule has 4 saturated carbocycles. The van der Waals surface area contributed by atoms with Gasteiger partial charge >= 0.3 is 5.97 Å². The first kappa shape index (κ1) is 16.3. The number of hydrogen-bond acceptors (Lipinski definition) is 3. The zero-order valence-corrected chi connectivity index (χ0v) is 15.9. The van der Waals surface area contributed by atoms with E-state index in [1.807, 2.05) is 42.7 Å². The number of para-hydroxylation sites is 2. The summed E-state index contributed by atoms with van der Waals surface area (Å²) >= 11 is 0. The first-order valence-electron chi connectivity index (χ1n) is 10.4. The van der Waals surface area contributed by atoms with Gasteiger partial charge < -0.3 is 9.14 Å². The van der Waals surface area contributed by atoms with E-state index in [1.165, 1.54) is 19.3 Å². The Bertz CT molecular complexity index is 1070. The number of benzene rings is 1. The van der Waals surface area contributed by atoms with Crippen molar-refractivity contribution in [1.29, 1.82) is 0 Å². The van der Waals surface area contributed by atoms with Crippen LogP contribution < -0.4 is 0 Å². The maximum absolute atomic E-state index is 12.6. The molecular formula is C24H24N2O2. The van der Waals surface area contributed by atoms with E-state index in [9.17, 15) is 4.79 Å². The molecule has 0 spiro atoms. The van der Waals surface area contributed by atoms with Crippen molar-refractivity contribution in [3.63, 3.8) is 0 Å². The minimum Gasteiger partial charge on any atom is -0.456 e. The Hall–Kier alpha value is -2.62. The average Bonchev–Trinajstić information content (AvgIpc) is 3.08. The van der Waals surface area contributed by atoms with Crippen LogP contribution in [0.2, 0.25) is 0 Å². The second-order valence-electron chi connectivity index (χ2n) is 9.13. The lowest BCUT2D eigenvalue weighted by atomic mass is 9.54. The summed E-state index contributed by atoms with van der Waals surface area (Å²) in [6, 6.07) is 10.1. The normalized spacial score (nSPS) is 31.2. The minimum atomic E-state index is -0.199. The standard InChI is InChI=1S/C24H24N2O2/c27-23(28-24-12-16-9-17(13-24)11-18(10-16)14-24)6-5-19-7-8-26-21-4-2-1-3-20(21)25-15-22(19)26/h1-8,15-18H,9-14H2/b6-5+. The maximum atomic E-state index is 12.6. The Morgan fingerprint density at radius 1 is 1.04 bits per heavy atom. The summed E-state index contributed by atoms with van der Waals surface area (Å²) < 4.78 is 8.20. The van der Waals surface area contributed by atoms with E-state index in [0.29, 0.717) is 0 Å². The molecule has 2 heterocycles. The zero-order valence-electron chi connectivity index (χ0n) is 15.9. The molecule has 0 saturated heterocycles. The van der Waals surface area contributed by atoms with Gasteiger partial charge in [0.15, 0.2) is 0 Å². The molecule has 7 rings (SSSR count). The van der Waals surface area contributed by atoms with Gasteiger partial charge in [-0.2, -0.15) is 0 Å². The van der Waals surface area contributed by atoms with Crippen LogP contribution in [0.4, 0.5) is 0 Å². The van der Waals surface area contributed by atoms with Gasteiger partial charge in [0, 0.05) is 17.8 Å². The zero-order chi connectivity index (χ0) is 18.7. The summed E-state index contributed by atoms with van der Waals surface area (Å²) in [6.45, 7) is 0. The summed E-state index contributed by atoms with van der Waals surface area (Å²) in [4.78, 5) is 17.2. The highest BCUT2D eigenvalue weighted by Crippen LogP contribution is 2.57. The van der Waals surface area contributed by atoms with E-state index in [0.717, 1.165) is 59.1 Å². The predicted octanol–water partition coefficient (Wildman–Crippen LogP) is 5.01. The number of ether oxygens (including phenoxy) is 1. The smallest absolute Gasteiger partial charge is 0.331 e. The largest absolute Gasteiger partial charge is 0.456 e. The Balaban J connectivity index is 1.25. The van der Waals surface area contributed by atoms with E-state index in [4.69, 9.17) is 4.74 Å². The molecule has 0 aliphatic heterocycles. The van der Waals surface area contributed by atoms with Crippen LogP contribution in [0.1, 0.15) is 44.1 Å². The van der Waals surface area contributed by atoms with Crippen LogP contribution in [0.25, 0.3) is 22.6 Å². The number of carbonyl (C=O) groups excluding carboxylic acids is 1. The third-order valence-electron chi connectivity index (χ3n) is 7.12. The number of aromatic nitrogens is 2. The molecule has 142 valence electrons. The van der Waals surface area contributed by atoms with Crippen LogP contribution >= 0.6 is 0 Å². The minimum absolute atomic E-state index is 0.184. The molecular weight excluding hydrogens is 348 g/mol. The van der Waals surface area contributed by atoms with Gasteiger partial charge in [-0.3, -0.25) is 4.98 Å². The molecule has 0 unspecified atom stereocenters. The molecule has 4 fully saturated rings. The van der Waals surface area contributed by atoms with Crippen LogP contribution in [-0.2, 0) is 9.53 Å². The Labute approximate surface area is 164 Å². The van der Waals surface area contributed by atoms with Crippen molar-refractivity contribution in [2.75, 3.05) is 0 Å². The van der Waals surface area contributed by atoms with Crippen molar-refractivity contribution in [3.8, 4) is 0 Å². The molecule has 1 aromatic carbocycles. The number of nitrogens with zero attached hydrogens (tertiary/aromatic N) is 2. The lowest BCUT2D eigenvalue weighted by molar-refractivity contribution is -0.181. The molecule has 0 amide bonds. The molecule has 28 heavy (non-hydrogen) atoms. The first-order valence-corrected chi connectivity index (χ1v) is 10.4. The van der Waals surface area contributed by atoms with E-state index in [-0.39, 0.29) is 11.6 Å². The van der Waals surface area contributed by atoms with Crippen LogP contribution in [0.5, 0.6) is 0 Å². The van der Waals surface area contributed by atoms with Gasteiger partial charge in [0.1, 0.15) is 5.60 Å². The summed E-state index contributed by atoms with van der Waals surface area (Å²) in [5.74, 6) is 2.13. The van der Waals surface area contributed by atoms with E-state index in [2.05, 4.69) is 15.5 Å². The average molecular weight is 372 g/mol. The molecule has 0 radical (unpaired) electrons. The highest BCUT2D eigenvalue weighted by Gasteiger charge is 2.53. The predicted molar refractivity (Wildman–Crippen MR) is 109 cm³/mol. The maximum Gasteiger partial charge on any atom is 0.331 e. The van der Waals surface area contributed by atoms with Gasteiger partial charge in [-0.15, -0.1) is 0 Å². The first-order chi connectivity index (χ1) is 13.7. The molecule has 2 aromatic heterocycles. The molecule has 4 nitrogen and oxygen atoms in total. The van der Waals surface area contributed by atoms with E-state index < -0.39 is 0 Å². The Morgan fingerprint density at radius 2 is 1.75 bits per heavy atom. The van der Waals surface area contributed by atoms with Gasteiger partial charge in [0.2, 0.25) is 0 Å². The monoisotopic (exact) mass is 372 g/mol. The number of hydrogen-bond donors (Lipinski definition) is 0. The fraction of sp³-hybridized carbons (Fsp3) is 0.417. The van der Waals surface area contributed by atoms with Gasteiger partial charge in [0.25, 0.3) is 0 Å². The summed E-state index contributed by atoms with van der Waals surface area (Å²) in [7, 11) is 0. The van der Waals surface area contributed by atoms with Crippen LogP contribution in [-0.4, -0.2) is 21.0 Å². The van der Waals surface area contributed by atoms with Gasteiger partial charge in [0.05, 0.1) is 22.7 Å². The van der Waals surface area contributed by atoms with Gasteiger partial charge in [-0.1, -0.05) is 12.1 Å². The molecule has 4 aliphatic rings. The van der Waals surface area contributed by atoms with E-state index in [1.54, 1.807) is 6.08 Å². The summed E-state index contributed by atoms with van der Waals surface area (Å²) in [5.41, 5.74) is 3.83. The van der Waals surface area contributed by atoms with Crippen LogP contribution in [0.15, 0.2) is 48.8 Å². The molecule has 4 bridgehead atoms. The van der Waals surface area contributed by atoms with Crippen LogP contribution in [0, 0.1) is 17.8 Å². The molecule has 3 aromatic rings. The van der Waals surface area contributed by atoms with Crippen molar-refractivity contribution < 1.29 is 9.53 Å². The molecule has 0 N–H and O–H groups in total. The highest BCUT2D eigenvalue weighted by molar-refractivity contribution is 5.90. The molecule has 0 atom stereocenters. The number of esters is 1. The molecule has 4 heteroatoms. The highest BCUT2D eigenvalue weighted by atomic mass is 16.6. The number of carbonyl (C=O) groups is 1.